The summed E-state index contributed by atoms with van der Waals surface area (Å²) in [5.41, 5.74) is -0.605. The third-order valence-corrected chi connectivity index (χ3v) is 23.3. The van der Waals surface area contributed by atoms with Crippen LogP contribution in [0.15, 0.2) is 121 Å². The molecule has 0 bridgehead atoms. The minimum atomic E-state index is -3.23. The van der Waals surface area contributed by atoms with Gasteiger partial charge >= 0.3 is 5.97 Å². The van der Waals surface area contributed by atoms with E-state index in [1.165, 1.54) is 0 Å². The molecule has 0 saturated carbocycles. The van der Waals surface area contributed by atoms with Gasteiger partial charge in [-0.15, -0.1) is 0 Å². The molecule has 1 unspecified atom stereocenters. The van der Waals surface area contributed by atoms with Gasteiger partial charge in [0.05, 0.1) is 43.0 Å². The summed E-state index contributed by atoms with van der Waals surface area (Å²) >= 11 is 0. The molecule has 0 aromatic heterocycles. The van der Waals surface area contributed by atoms with Crippen molar-refractivity contribution >= 4 is 43.4 Å². The lowest BCUT2D eigenvalue weighted by Gasteiger charge is -2.53. The predicted octanol–water partition coefficient (Wildman–Crippen LogP) is 6.68. The van der Waals surface area contributed by atoms with Crippen molar-refractivity contribution in [3.8, 4) is 0 Å². The number of carbonyl (C=O) groups is 1. The van der Waals surface area contributed by atoms with Crippen molar-refractivity contribution in [1.29, 1.82) is 0 Å². The fourth-order valence-corrected chi connectivity index (χ4v) is 19.6. The van der Waals surface area contributed by atoms with Gasteiger partial charge in [-0.25, -0.2) is 0 Å². The van der Waals surface area contributed by atoms with Gasteiger partial charge in [0.25, 0.3) is 16.6 Å². The topological polar surface area (TPSA) is 113 Å². The van der Waals surface area contributed by atoms with Crippen molar-refractivity contribution in [2.45, 2.75) is 153 Å². The second kappa shape index (κ2) is 19.2. The van der Waals surface area contributed by atoms with Crippen molar-refractivity contribution in [2.24, 2.45) is 5.41 Å². The summed E-state index contributed by atoms with van der Waals surface area (Å²) in [6, 6.07) is 42.3. The van der Waals surface area contributed by atoms with Crippen LogP contribution < -0.4 is 20.7 Å². The molecule has 3 aliphatic heterocycles. The number of aliphatic hydroxyl groups excluding tert-OH is 2. The molecule has 9 atom stereocenters. The fraction of sp³-hybridized carbons (Fsp3) is 0.519. The van der Waals surface area contributed by atoms with E-state index in [2.05, 4.69) is 139 Å². The number of hydrogen-bond donors (Lipinski definition) is 2. The van der Waals surface area contributed by atoms with Crippen LogP contribution in [0.4, 0.5) is 0 Å². The highest BCUT2D eigenvalue weighted by molar-refractivity contribution is 7.00. The number of ether oxygens (including phenoxy) is 4. The molecule has 3 aliphatic rings. The van der Waals surface area contributed by atoms with E-state index >= 15 is 0 Å². The second-order valence-electron chi connectivity index (χ2n) is 20.8. The molecule has 4 aromatic rings. The third-order valence-electron chi connectivity index (χ3n) is 13.3. The molecule has 7 rings (SSSR count). The summed E-state index contributed by atoms with van der Waals surface area (Å²) in [7, 11) is -6.43. The van der Waals surface area contributed by atoms with Crippen LogP contribution >= 0.6 is 0 Å². The first-order valence-electron chi connectivity index (χ1n) is 22.9. The first-order valence-corrected chi connectivity index (χ1v) is 26.7. The summed E-state index contributed by atoms with van der Waals surface area (Å²) in [5, 5.41) is 25.3. The van der Waals surface area contributed by atoms with Gasteiger partial charge in [-0.3, -0.25) is 4.79 Å². The number of hydrogen-bond acceptors (Lipinski definition) is 9. The van der Waals surface area contributed by atoms with Crippen LogP contribution in [-0.4, -0.2) is 101 Å². The largest absolute Gasteiger partial charge is 0.465 e. The van der Waals surface area contributed by atoms with E-state index in [-0.39, 0.29) is 41.3 Å². The van der Waals surface area contributed by atoms with E-state index in [1.54, 1.807) is 0 Å². The average Bonchev–Trinajstić information content (AvgIpc) is 3.59. The van der Waals surface area contributed by atoms with Gasteiger partial charge in [0.1, 0.15) is 30.5 Å². The van der Waals surface area contributed by atoms with Gasteiger partial charge in [-0.2, -0.15) is 0 Å². The van der Waals surface area contributed by atoms with E-state index in [1.807, 2.05) is 45.0 Å². The van der Waals surface area contributed by atoms with Gasteiger partial charge < -0.3 is 38.0 Å². The predicted molar refractivity (Wildman–Crippen MR) is 253 cm³/mol. The van der Waals surface area contributed by atoms with Crippen molar-refractivity contribution < 1.29 is 42.8 Å². The number of benzene rings is 4. The van der Waals surface area contributed by atoms with Crippen LogP contribution in [0.3, 0.4) is 0 Å². The van der Waals surface area contributed by atoms with Gasteiger partial charge in [0.15, 0.2) is 0 Å². The standard InChI is InChI=1S/C52H70O9Si2/c1-50(2,3)49(55)56-33-32-37-30-31-42-44(57-37)48(61-63(52(7,8)9,40-26-18-12-19-27-40)41-28-20-13-21-29-41)47-46(58-42)45(43(59-47)34-36(54)35-53)60-62(51(4,5)6,38-22-14-10-15-23-38)39-24-16-11-17-25-39/h10-29,36-37,42-48,53-54H,30-35H2,1-9H3/t36?,37-,42+,43-,44+,45+,46+,47-,48+/m1/s1. The zero-order valence-corrected chi connectivity index (χ0v) is 40.7. The average molecular weight is 895 g/mol. The maximum absolute atomic E-state index is 12.8. The molecule has 4 aromatic carbocycles. The molecule has 3 saturated heterocycles. The number of fused-ring (bicyclic) bond motifs is 2. The van der Waals surface area contributed by atoms with Crippen molar-refractivity contribution in [1.82, 2.24) is 0 Å². The molecule has 0 radical (unpaired) electrons. The second-order valence-corrected chi connectivity index (χ2v) is 29.3. The molecule has 0 spiro atoms. The Bertz CT molecular complexity index is 1990. The van der Waals surface area contributed by atoms with Crippen LogP contribution in [-0.2, 0) is 32.6 Å². The summed E-state index contributed by atoms with van der Waals surface area (Å²) < 4.78 is 43.6. The summed E-state index contributed by atoms with van der Waals surface area (Å²) in [6.07, 6.45) is -3.23. The van der Waals surface area contributed by atoms with Crippen molar-refractivity contribution in [3.63, 3.8) is 0 Å². The highest BCUT2D eigenvalue weighted by Gasteiger charge is 2.64. The van der Waals surface area contributed by atoms with Crippen LogP contribution in [0.1, 0.15) is 88.0 Å². The SMILES string of the molecule is CC(C)(C)C(=O)OCC[C@H]1CC[C@@H]2O[C@@H]3[C@@H](O[C@H](CC(O)CO)[C@@H]3O[Si](c3ccccc3)(c3ccccc3)C(C)(C)C)[C@@H](O[Si](c3ccccc3)(c3ccccc3)C(C)(C)C)[C@H]2O1. The summed E-state index contributed by atoms with van der Waals surface area (Å²) in [6.45, 7) is 19.0. The number of rotatable bonds is 14. The Hall–Kier alpha value is -3.50. The summed E-state index contributed by atoms with van der Waals surface area (Å²) in [4.78, 5) is 12.8. The van der Waals surface area contributed by atoms with E-state index in [4.69, 9.17) is 27.8 Å². The highest BCUT2D eigenvalue weighted by atomic mass is 28.4. The maximum atomic E-state index is 12.8. The minimum Gasteiger partial charge on any atom is -0.465 e. The first-order chi connectivity index (χ1) is 29.9. The first kappa shape index (κ1) is 47.5. The monoisotopic (exact) mass is 894 g/mol. The van der Waals surface area contributed by atoms with Gasteiger partial charge in [0.2, 0.25) is 0 Å². The zero-order valence-electron chi connectivity index (χ0n) is 38.7. The van der Waals surface area contributed by atoms with E-state index in [9.17, 15) is 15.0 Å². The number of carbonyl (C=O) groups excluding carboxylic acids is 1. The summed E-state index contributed by atoms with van der Waals surface area (Å²) in [5.74, 6) is -0.240. The molecule has 0 amide bonds. The van der Waals surface area contributed by atoms with Gasteiger partial charge in [-0.05, 0) is 64.4 Å². The van der Waals surface area contributed by atoms with E-state index in [0.29, 0.717) is 19.3 Å². The smallest absolute Gasteiger partial charge is 0.311 e. The lowest BCUT2D eigenvalue weighted by atomic mass is 9.88. The molecule has 340 valence electrons. The van der Waals surface area contributed by atoms with Crippen molar-refractivity contribution in [2.75, 3.05) is 13.2 Å². The fourth-order valence-electron chi connectivity index (χ4n) is 10.2. The molecule has 63 heavy (non-hydrogen) atoms. The Labute approximate surface area is 377 Å². The van der Waals surface area contributed by atoms with Gasteiger partial charge in [-0.1, -0.05) is 163 Å². The molecular formula is C52H70O9Si2. The minimum absolute atomic E-state index is 0.139. The Balaban J connectivity index is 1.37. The van der Waals surface area contributed by atoms with E-state index in [0.717, 1.165) is 20.7 Å². The van der Waals surface area contributed by atoms with Crippen LogP contribution in [0.2, 0.25) is 10.1 Å². The Morgan fingerprint density at radius 1 is 0.619 bits per heavy atom. The lowest BCUT2D eigenvalue weighted by molar-refractivity contribution is -0.256. The highest BCUT2D eigenvalue weighted by Crippen LogP contribution is 2.48. The Morgan fingerprint density at radius 2 is 1.05 bits per heavy atom. The van der Waals surface area contributed by atoms with Crippen LogP contribution in [0.25, 0.3) is 0 Å². The van der Waals surface area contributed by atoms with Gasteiger partial charge in [0, 0.05) is 12.8 Å². The maximum Gasteiger partial charge on any atom is 0.311 e. The molecule has 2 N–H and O–H groups in total. The molecule has 9 nitrogen and oxygen atoms in total. The third kappa shape index (κ3) is 9.60. The number of esters is 1. The zero-order chi connectivity index (χ0) is 45.2. The molecule has 3 heterocycles. The van der Waals surface area contributed by atoms with Crippen molar-refractivity contribution in [3.05, 3.63) is 121 Å². The van der Waals surface area contributed by atoms with E-state index < -0.39 is 71.4 Å². The molecular weight excluding hydrogens is 825 g/mol. The molecule has 3 fully saturated rings. The number of aliphatic hydroxyl groups is 2. The molecule has 0 aliphatic carbocycles. The quantitative estimate of drug-likeness (QED) is 0.106. The Kier molecular flexibility index (Phi) is 14.4. The molecule has 11 heteroatoms. The lowest BCUT2D eigenvalue weighted by Crippen LogP contribution is -2.73. The van der Waals surface area contributed by atoms with Crippen LogP contribution in [0.5, 0.6) is 0 Å². The van der Waals surface area contributed by atoms with Crippen LogP contribution in [0, 0.1) is 5.41 Å². The normalized spacial score (nSPS) is 26.1. The Morgan fingerprint density at radius 3 is 1.46 bits per heavy atom.